The van der Waals surface area contributed by atoms with Crippen LogP contribution in [0.25, 0.3) is 0 Å². The zero-order valence-corrected chi connectivity index (χ0v) is 12.7. The molecule has 1 N–H and O–H groups in total. The Morgan fingerprint density at radius 2 is 2.16 bits per heavy atom. The maximum Gasteiger partial charge on any atom is 0.193 e. The number of methoxy groups -OCH3 is 1. The Labute approximate surface area is 117 Å². The first-order valence-corrected chi connectivity index (χ1v) is 6.93. The van der Waals surface area contributed by atoms with E-state index in [0.29, 0.717) is 26.4 Å². The fraction of sp³-hybridized carbons (Fsp3) is 0.786. The Bertz CT molecular complexity index is 245. The van der Waals surface area contributed by atoms with Crippen LogP contribution in [0.5, 0.6) is 0 Å². The van der Waals surface area contributed by atoms with Gasteiger partial charge in [-0.2, -0.15) is 0 Å². The summed E-state index contributed by atoms with van der Waals surface area (Å²) in [6.45, 7) is 10.2. The lowest BCUT2D eigenvalue weighted by atomic mass is 10.3. The van der Waals surface area contributed by atoms with Crippen LogP contribution in [0.2, 0.25) is 0 Å². The summed E-state index contributed by atoms with van der Waals surface area (Å²) in [6.07, 6.45) is 4.07. The summed E-state index contributed by atoms with van der Waals surface area (Å²) in [5.41, 5.74) is 0. The molecule has 0 bridgehead atoms. The third-order valence-electron chi connectivity index (χ3n) is 2.53. The van der Waals surface area contributed by atoms with Gasteiger partial charge in [-0.25, -0.2) is 0 Å². The summed E-state index contributed by atoms with van der Waals surface area (Å²) in [6, 6.07) is 0. The molecule has 0 aliphatic carbocycles. The van der Waals surface area contributed by atoms with Gasteiger partial charge in [0.1, 0.15) is 0 Å². The smallest absolute Gasteiger partial charge is 0.193 e. The predicted octanol–water partition coefficient (Wildman–Crippen LogP) is 1.51. The molecule has 0 aromatic carbocycles. The molecule has 0 saturated carbocycles. The lowest BCUT2D eigenvalue weighted by Gasteiger charge is -2.21. The summed E-state index contributed by atoms with van der Waals surface area (Å²) in [4.78, 5) is 6.67. The largest absolute Gasteiger partial charge is 0.382 e. The third-order valence-corrected chi connectivity index (χ3v) is 2.53. The number of hydrogen-bond donors (Lipinski definition) is 1. The number of nitrogens with zero attached hydrogens (tertiary/aromatic N) is 2. The van der Waals surface area contributed by atoms with Gasteiger partial charge in [0.25, 0.3) is 0 Å². The number of nitrogens with one attached hydrogen (secondary N) is 1. The minimum Gasteiger partial charge on any atom is -0.382 e. The zero-order valence-electron chi connectivity index (χ0n) is 12.7. The van der Waals surface area contributed by atoms with E-state index in [2.05, 4.69) is 35.8 Å². The molecule has 0 heterocycles. The average Bonchev–Trinajstić information content (AvgIpc) is 2.41. The molecule has 19 heavy (non-hydrogen) atoms. The highest BCUT2D eigenvalue weighted by atomic mass is 16.5. The van der Waals surface area contributed by atoms with Gasteiger partial charge < -0.3 is 19.7 Å². The molecule has 0 rings (SSSR count). The van der Waals surface area contributed by atoms with Gasteiger partial charge in [0.05, 0.1) is 26.4 Å². The molecule has 0 aliphatic heterocycles. The maximum absolute atomic E-state index is 5.39. The van der Waals surface area contributed by atoms with E-state index in [4.69, 9.17) is 9.47 Å². The van der Waals surface area contributed by atoms with E-state index >= 15 is 0 Å². The molecule has 112 valence electrons. The number of aliphatic imine (C=N–C) groups is 1. The molecule has 5 heteroatoms. The second-order valence-electron chi connectivity index (χ2n) is 4.19. The molecule has 0 aromatic heterocycles. The van der Waals surface area contributed by atoms with Gasteiger partial charge in [0.2, 0.25) is 0 Å². The van der Waals surface area contributed by atoms with Crippen LogP contribution in [0.4, 0.5) is 0 Å². The van der Waals surface area contributed by atoms with Crippen molar-refractivity contribution < 1.29 is 9.47 Å². The Morgan fingerprint density at radius 3 is 2.79 bits per heavy atom. The monoisotopic (exact) mass is 271 g/mol. The van der Waals surface area contributed by atoms with Crippen molar-refractivity contribution in [1.82, 2.24) is 10.2 Å². The molecule has 0 aromatic rings. The number of unbranched alkanes of at least 4 members (excludes halogenated alkanes) is 1. The van der Waals surface area contributed by atoms with Crippen LogP contribution in [0.15, 0.2) is 17.6 Å². The zero-order chi connectivity index (χ0) is 14.3. The van der Waals surface area contributed by atoms with Crippen molar-refractivity contribution in [2.24, 2.45) is 4.99 Å². The highest BCUT2D eigenvalue weighted by Crippen LogP contribution is 1.94. The minimum atomic E-state index is 0.623. The van der Waals surface area contributed by atoms with Crippen LogP contribution in [-0.4, -0.2) is 64.5 Å². The van der Waals surface area contributed by atoms with Gasteiger partial charge in [-0.1, -0.05) is 6.08 Å². The number of guanidine groups is 1. The summed E-state index contributed by atoms with van der Waals surface area (Å²) >= 11 is 0. The summed E-state index contributed by atoms with van der Waals surface area (Å²) < 4.78 is 10.3. The van der Waals surface area contributed by atoms with Crippen molar-refractivity contribution in [3.8, 4) is 0 Å². The quantitative estimate of drug-likeness (QED) is 0.268. The maximum atomic E-state index is 5.39. The first kappa shape index (κ1) is 17.9. The molecule has 0 atom stereocenters. The molecule has 0 saturated heterocycles. The van der Waals surface area contributed by atoms with Crippen molar-refractivity contribution in [1.29, 1.82) is 0 Å². The van der Waals surface area contributed by atoms with Crippen LogP contribution >= 0.6 is 0 Å². The van der Waals surface area contributed by atoms with E-state index in [-0.39, 0.29) is 0 Å². The summed E-state index contributed by atoms with van der Waals surface area (Å²) in [5.74, 6) is 0.932. The topological polar surface area (TPSA) is 46.1 Å². The van der Waals surface area contributed by atoms with Crippen LogP contribution in [0, 0.1) is 0 Å². The number of rotatable bonds is 11. The van der Waals surface area contributed by atoms with Gasteiger partial charge in [0.15, 0.2) is 5.96 Å². The minimum absolute atomic E-state index is 0.623. The van der Waals surface area contributed by atoms with Crippen molar-refractivity contribution in [2.45, 2.75) is 19.8 Å². The molecule has 0 radical (unpaired) electrons. The Balaban J connectivity index is 3.95. The lowest BCUT2D eigenvalue weighted by molar-refractivity contribution is 0.0747. The summed E-state index contributed by atoms with van der Waals surface area (Å²) in [5, 5.41) is 3.28. The van der Waals surface area contributed by atoms with Crippen LogP contribution in [0.3, 0.4) is 0 Å². The van der Waals surface area contributed by atoms with Crippen LogP contribution < -0.4 is 5.32 Å². The molecule has 0 unspecified atom stereocenters. The van der Waals surface area contributed by atoms with Crippen LogP contribution in [-0.2, 0) is 9.47 Å². The van der Waals surface area contributed by atoms with E-state index in [1.54, 1.807) is 7.11 Å². The van der Waals surface area contributed by atoms with E-state index in [1.165, 1.54) is 0 Å². The van der Waals surface area contributed by atoms with Gasteiger partial charge in [-0.15, -0.1) is 6.58 Å². The fourth-order valence-electron chi connectivity index (χ4n) is 1.51. The molecule has 5 nitrogen and oxygen atoms in total. The van der Waals surface area contributed by atoms with E-state index in [9.17, 15) is 0 Å². The molecular weight excluding hydrogens is 242 g/mol. The number of ether oxygens (including phenoxy) is 2. The fourth-order valence-corrected chi connectivity index (χ4v) is 1.51. The van der Waals surface area contributed by atoms with Gasteiger partial charge in [0, 0.05) is 27.2 Å². The van der Waals surface area contributed by atoms with Crippen molar-refractivity contribution in [2.75, 3.05) is 53.6 Å². The molecule has 0 aliphatic rings. The first-order valence-electron chi connectivity index (χ1n) is 6.93. The predicted molar refractivity (Wildman–Crippen MR) is 80.7 cm³/mol. The van der Waals surface area contributed by atoms with E-state index < -0.39 is 0 Å². The number of hydrogen-bond acceptors (Lipinski definition) is 3. The van der Waals surface area contributed by atoms with Crippen molar-refractivity contribution in [3.05, 3.63) is 12.7 Å². The Hall–Kier alpha value is -1.07. The first-order chi connectivity index (χ1) is 9.26. The SMILES string of the molecule is C=CCCCN(C)C(=NCCOCCOC)NCC. The van der Waals surface area contributed by atoms with Crippen molar-refractivity contribution >= 4 is 5.96 Å². The normalized spacial score (nSPS) is 11.4. The van der Waals surface area contributed by atoms with Gasteiger partial charge in [-0.05, 0) is 19.8 Å². The van der Waals surface area contributed by atoms with E-state index in [0.717, 1.165) is 31.9 Å². The highest BCUT2D eigenvalue weighted by molar-refractivity contribution is 5.79. The Morgan fingerprint density at radius 1 is 1.37 bits per heavy atom. The average molecular weight is 271 g/mol. The Kier molecular flexibility index (Phi) is 12.6. The molecule has 0 spiro atoms. The van der Waals surface area contributed by atoms with E-state index in [1.807, 2.05) is 6.08 Å². The number of allylic oxidation sites excluding steroid dienone is 1. The van der Waals surface area contributed by atoms with Crippen LogP contribution in [0.1, 0.15) is 19.8 Å². The standard InChI is InChI=1S/C14H29N3O2/c1-5-7-8-10-17(3)14(15-6-2)16-9-11-19-13-12-18-4/h5H,1,6-13H2,2-4H3,(H,15,16). The second-order valence-corrected chi connectivity index (χ2v) is 4.19. The third kappa shape index (κ3) is 10.5. The molecular formula is C14H29N3O2. The van der Waals surface area contributed by atoms with Crippen molar-refractivity contribution in [3.63, 3.8) is 0 Å². The molecule has 0 amide bonds. The second kappa shape index (κ2) is 13.4. The lowest BCUT2D eigenvalue weighted by Crippen LogP contribution is -2.39. The van der Waals surface area contributed by atoms with Gasteiger partial charge >= 0.3 is 0 Å². The summed E-state index contributed by atoms with van der Waals surface area (Å²) in [7, 11) is 3.72. The highest BCUT2D eigenvalue weighted by Gasteiger charge is 2.03. The van der Waals surface area contributed by atoms with Gasteiger partial charge in [-0.3, -0.25) is 4.99 Å². The molecule has 0 fully saturated rings.